The van der Waals surface area contributed by atoms with E-state index in [0.717, 1.165) is 24.0 Å². The van der Waals surface area contributed by atoms with Gasteiger partial charge in [0.15, 0.2) is 8.32 Å². The largest absolute Gasteiger partial charge is 0.432 e. The standard InChI is InChI=1S/C30H42N2O6Si/c1-19-26(14-11-21-9-12-24(13-10-21)31-30(36)20(2)34)38-27(29(19)39(3,4)37)16-28(35)32-17-23-8-6-5-7-22(23)15-25(32)18-33/h5-10,12-13,19-20,25-27,29,33-34,37H,11,14-18H2,1-4H3,(H,31,36)/t19-,20+,25+,26+,27-,29+/m1/s1. The van der Waals surface area contributed by atoms with Crippen LogP contribution in [0.3, 0.4) is 0 Å². The minimum atomic E-state index is -2.64. The normalized spacial score (nSPS) is 25.7. The summed E-state index contributed by atoms with van der Waals surface area (Å²) in [6, 6.07) is 15.3. The predicted octanol–water partition coefficient (Wildman–Crippen LogP) is 3.25. The lowest BCUT2D eigenvalue weighted by Crippen LogP contribution is -2.48. The third kappa shape index (κ3) is 6.96. The number of aliphatic hydroxyl groups is 2. The number of nitrogens with one attached hydrogen (secondary N) is 1. The third-order valence-corrected chi connectivity index (χ3v) is 10.8. The van der Waals surface area contributed by atoms with E-state index < -0.39 is 20.3 Å². The summed E-state index contributed by atoms with van der Waals surface area (Å²) in [4.78, 5) is 38.3. The van der Waals surface area contributed by atoms with Gasteiger partial charge in [-0.05, 0) is 74.0 Å². The van der Waals surface area contributed by atoms with Crippen LogP contribution in [0.5, 0.6) is 0 Å². The minimum absolute atomic E-state index is 0.0421. The van der Waals surface area contributed by atoms with Crippen LogP contribution < -0.4 is 5.32 Å². The maximum atomic E-state index is 13.6. The highest BCUT2D eigenvalue weighted by molar-refractivity contribution is 6.71. The van der Waals surface area contributed by atoms with Gasteiger partial charge in [0.2, 0.25) is 5.91 Å². The number of carbonyl (C=O) groups is 2. The van der Waals surface area contributed by atoms with E-state index in [2.05, 4.69) is 18.3 Å². The molecule has 4 rings (SSSR count). The molecule has 2 aromatic rings. The van der Waals surface area contributed by atoms with Gasteiger partial charge in [-0.1, -0.05) is 43.3 Å². The van der Waals surface area contributed by atoms with Crippen LogP contribution in [0, 0.1) is 5.92 Å². The number of fused-ring (bicyclic) bond motifs is 1. The average Bonchev–Trinajstić information content (AvgIpc) is 3.22. The van der Waals surface area contributed by atoms with Crippen molar-refractivity contribution in [3.8, 4) is 0 Å². The quantitative estimate of drug-likeness (QED) is 0.354. The van der Waals surface area contributed by atoms with E-state index >= 15 is 0 Å². The van der Waals surface area contributed by atoms with Crippen molar-refractivity contribution >= 4 is 25.8 Å². The van der Waals surface area contributed by atoms with Gasteiger partial charge in [-0.15, -0.1) is 0 Å². The first-order valence-corrected chi connectivity index (χ1v) is 16.9. The molecule has 2 aliphatic rings. The zero-order valence-corrected chi connectivity index (χ0v) is 24.3. The van der Waals surface area contributed by atoms with E-state index in [-0.39, 0.29) is 48.6 Å². The zero-order chi connectivity index (χ0) is 28.3. The van der Waals surface area contributed by atoms with Crippen molar-refractivity contribution < 1.29 is 29.3 Å². The molecule has 0 aliphatic carbocycles. The lowest BCUT2D eigenvalue weighted by molar-refractivity contribution is -0.138. The van der Waals surface area contributed by atoms with E-state index in [1.54, 1.807) is 4.90 Å². The van der Waals surface area contributed by atoms with Gasteiger partial charge in [0, 0.05) is 17.8 Å². The highest BCUT2D eigenvalue weighted by atomic mass is 28.4. The van der Waals surface area contributed by atoms with Crippen LogP contribution in [0.2, 0.25) is 18.6 Å². The van der Waals surface area contributed by atoms with E-state index in [1.165, 1.54) is 12.5 Å². The molecule has 2 aromatic carbocycles. The molecular formula is C30H42N2O6Si. The first-order valence-electron chi connectivity index (χ1n) is 13.9. The van der Waals surface area contributed by atoms with E-state index in [1.807, 2.05) is 55.6 Å². The predicted molar refractivity (Wildman–Crippen MR) is 153 cm³/mol. The van der Waals surface area contributed by atoms with Gasteiger partial charge in [-0.2, -0.15) is 0 Å². The monoisotopic (exact) mass is 554 g/mol. The first kappa shape index (κ1) is 29.4. The van der Waals surface area contributed by atoms with Gasteiger partial charge < -0.3 is 30.0 Å². The van der Waals surface area contributed by atoms with Crippen LogP contribution in [-0.4, -0.2) is 71.0 Å². The second-order valence-corrected chi connectivity index (χ2v) is 15.7. The summed E-state index contributed by atoms with van der Waals surface area (Å²) in [7, 11) is -2.64. The fourth-order valence-corrected chi connectivity index (χ4v) is 8.86. The second-order valence-electron chi connectivity index (χ2n) is 11.7. The van der Waals surface area contributed by atoms with Gasteiger partial charge in [0.1, 0.15) is 6.10 Å². The van der Waals surface area contributed by atoms with Crippen molar-refractivity contribution in [2.45, 2.75) is 89.1 Å². The molecule has 212 valence electrons. The first-order chi connectivity index (χ1) is 18.5. The van der Waals surface area contributed by atoms with Crippen molar-refractivity contribution in [1.29, 1.82) is 0 Å². The smallest absolute Gasteiger partial charge is 0.252 e. The van der Waals surface area contributed by atoms with Crippen LogP contribution in [0.15, 0.2) is 48.5 Å². The Morgan fingerprint density at radius 2 is 1.77 bits per heavy atom. The lowest BCUT2D eigenvalue weighted by atomic mass is 9.93. The Morgan fingerprint density at radius 1 is 1.10 bits per heavy atom. The van der Waals surface area contributed by atoms with Crippen molar-refractivity contribution in [2.24, 2.45) is 5.92 Å². The molecule has 8 nitrogen and oxygen atoms in total. The Hall–Kier alpha value is -2.56. The molecule has 2 aliphatic heterocycles. The Kier molecular flexibility index (Phi) is 9.28. The lowest BCUT2D eigenvalue weighted by Gasteiger charge is -2.37. The molecule has 0 spiro atoms. The molecule has 6 atom stereocenters. The van der Waals surface area contributed by atoms with Crippen molar-refractivity contribution in [3.05, 3.63) is 65.2 Å². The molecule has 0 radical (unpaired) electrons. The number of aryl methyl sites for hydroxylation is 1. The summed E-state index contributed by atoms with van der Waals surface area (Å²) >= 11 is 0. The van der Waals surface area contributed by atoms with Gasteiger partial charge in [-0.25, -0.2) is 0 Å². The van der Waals surface area contributed by atoms with Gasteiger partial charge in [0.05, 0.1) is 31.3 Å². The summed E-state index contributed by atoms with van der Waals surface area (Å²) in [5.74, 6) is -0.383. The number of ether oxygens (including phenoxy) is 1. The van der Waals surface area contributed by atoms with Crippen LogP contribution in [-0.2, 0) is 33.7 Å². The summed E-state index contributed by atoms with van der Waals surface area (Å²) in [6.45, 7) is 7.78. The average molecular weight is 555 g/mol. The van der Waals surface area contributed by atoms with Crippen molar-refractivity contribution in [2.75, 3.05) is 11.9 Å². The Morgan fingerprint density at radius 3 is 2.38 bits per heavy atom. The molecule has 0 saturated carbocycles. The number of hydrogen-bond acceptors (Lipinski definition) is 6. The van der Waals surface area contributed by atoms with Crippen molar-refractivity contribution in [3.63, 3.8) is 0 Å². The summed E-state index contributed by atoms with van der Waals surface area (Å²) in [5, 5.41) is 22.1. The number of benzene rings is 2. The molecule has 2 amide bonds. The fourth-order valence-electron chi connectivity index (χ4n) is 6.25. The van der Waals surface area contributed by atoms with Gasteiger partial charge in [-0.3, -0.25) is 9.59 Å². The van der Waals surface area contributed by atoms with Gasteiger partial charge in [0.25, 0.3) is 5.91 Å². The van der Waals surface area contributed by atoms with Crippen LogP contribution in [0.4, 0.5) is 5.69 Å². The van der Waals surface area contributed by atoms with E-state index in [9.17, 15) is 24.6 Å². The second kappa shape index (κ2) is 12.3. The highest BCUT2D eigenvalue weighted by Crippen LogP contribution is 2.46. The maximum absolute atomic E-state index is 13.6. The molecule has 9 heteroatoms. The van der Waals surface area contributed by atoms with Crippen molar-refractivity contribution in [1.82, 2.24) is 4.90 Å². The third-order valence-electron chi connectivity index (χ3n) is 8.30. The molecular weight excluding hydrogens is 512 g/mol. The summed E-state index contributed by atoms with van der Waals surface area (Å²) < 4.78 is 6.52. The number of carbonyl (C=O) groups excluding carboxylic acids is 2. The maximum Gasteiger partial charge on any atom is 0.252 e. The number of amides is 2. The van der Waals surface area contributed by atoms with Gasteiger partial charge >= 0.3 is 0 Å². The van der Waals surface area contributed by atoms with Crippen LogP contribution >= 0.6 is 0 Å². The van der Waals surface area contributed by atoms with E-state index in [0.29, 0.717) is 18.7 Å². The molecule has 4 N–H and O–H groups in total. The fraction of sp³-hybridized carbons (Fsp3) is 0.533. The molecule has 39 heavy (non-hydrogen) atoms. The molecule has 0 unspecified atom stereocenters. The number of aliphatic hydroxyl groups excluding tert-OH is 2. The molecule has 1 fully saturated rings. The number of hydrogen-bond donors (Lipinski definition) is 4. The SMILES string of the molecule is C[C@H]1[C@H]([Si](C)(C)O)[C@@H](CC(=O)N2Cc3ccccc3C[C@H]2CO)O[C@H]1CCc1ccc(NC(=O)[C@H](C)O)cc1. The molecule has 1 saturated heterocycles. The van der Waals surface area contributed by atoms with Crippen LogP contribution in [0.25, 0.3) is 0 Å². The summed E-state index contributed by atoms with van der Waals surface area (Å²) in [6.07, 6.45) is 0.819. The Balaban J connectivity index is 1.41. The molecule has 0 aromatic heterocycles. The van der Waals surface area contributed by atoms with E-state index in [4.69, 9.17) is 4.74 Å². The number of anilines is 1. The Bertz CT molecular complexity index is 1150. The minimum Gasteiger partial charge on any atom is -0.432 e. The molecule has 0 bridgehead atoms. The number of rotatable bonds is 9. The number of nitrogens with zero attached hydrogens (tertiary/aromatic N) is 1. The molecule has 2 heterocycles. The zero-order valence-electron chi connectivity index (χ0n) is 23.3. The summed E-state index contributed by atoms with van der Waals surface area (Å²) in [5.41, 5.74) is 3.93. The van der Waals surface area contributed by atoms with Crippen LogP contribution in [0.1, 0.15) is 43.4 Å². The topological polar surface area (TPSA) is 119 Å². The Labute approximate surface area is 232 Å². The highest BCUT2D eigenvalue weighted by Gasteiger charge is 2.50.